The summed E-state index contributed by atoms with van der Waals surface area (Å²) in [5, 5.41) is 6.52. The first kappa shape index (κ1) is 18.7. The van der Waals surface area contributed by atoms with Crippen LogP contribution in [0.5, 0.6) is 5.75 Å². The van der Waals surface area contributed by atoms with Crippen LogP contribution in [0.1, 0.15) is 15.9 Å². The topological polar surface area (TPSA) is 76.1 Å². The summed E-state index contributed by atoms with van der Waals surface area (Å²) in [6.45, 7) is 0.508. The third kappa shape index (κ3) is 5.43. The third-order valence-corrected chi connectivity index (χ3v) is 4.06. The van der Waals surface area contributed by atoms with Crippen LogP contribution in [-0.2, 0) is 6.42 Å². The van der Waals surface area contributed by atoms with E-state index in [0.29, 0.717) is 29.5 Å². The van der Waals surface area contributed by atoms with Crippen LogP contribution in [0.25, 0.3) is 0 Å². The molecule has 138 valence electrons. The minimum atomic E-state index is -0.216. The molecule has 0 fully saturated rings. The molecule has 2 aromatic carbocycles. The molecule has 0 bridgehead atoms. The van der Waals surface area contributed by atoms with Gasteiger partial charge in [0.2, 0.25) is 5.95 Å². The van der Waals surface area contributed by atoms with Gasteiger partial charge in [0.05, 0.1) is 12.7 Å². The summed E-state index contributed by atoms with van der Waals surface area (Å²) in [6.07, 6.45) is 3.68. The van der Waals surface area contributed by atoms with E-state index < -0.39 is 0 Å². The number of carbonyl (C=O) groups is 1. The van der Waals surface area contributed by atoms with Gasteiger partial charge in [0.15, 0.2) is 0 Å². The number of nitrogens with zero attached hydrogens (tertiary/aromatic N) is 2. The minimum absolute atomic E-state index is 0.216. The molecular weight excluding hydrogens is 364 g/mol. The lowest BCUT2D eigenvalue weighted by Crippen LogP contribution is -2.26. The first-order valence-electron chi connectivity index (χ1n) is 8.40. The van der Waals surface area contributed by atoms with Gasteiger partial charge in [-0.3, -0.25) is 4.79 Å². The van der Waals surface area contributed by atoms with Crippen molar-refractivity contribution in [3.05, 3.63) is 77.1 Å². The van der Waals surface area contributed by atoms with Gasteiger partial charge in [0, 0.05) is 29.6 Å². The Labute approximate surface area is 162 Å². The number of aromatic nitrogens is 2. The van der Waals surface area contributed by atoms with Crippen LogP contribution >= 0.6 is 11.6 Å². The molecule has 0 unspecified atom stereocenters. The number of amides is 1. The average Bonchev–Trinajstić information content (AvgIpc) is 2.69. The number of ether oxygens (including phenoxy) is 1. The van der Waals surface area contributed by atoms with Crippen LogP contribution in [-0.4, -0.2) is 29.5 Å². The summed E-state index contributed by atoms with van der Waals surface area (Å²) in [4.78, 5) is 20.6. The van der Waals surface area contributed by atoms with Gasteiger partial charge in [-0.05, 0) is 42.3 Å². The van der Waals surface area contributed by atoms with Crippen LogP contribution in [0.4, 0.5) is 11.6 Å². The van der Waals surface area contributed by atoms with Gasteiger partial charge >= 0.3 is 0 Å². The number of nitrogens with one attached hydrogen (secondary N) is 2. The minimum Gasteiger partial charge on any atom is -0.497 e. The van der Waals surface area contributed by atoms with Gasteiger partial charge in [-0.1, -0.05) is 29.8 Å². The van der Waals surface area contributed by atoms with Gasteiger partial charge < -0.3 is 15.4 Å². The highest BCUT2D eigenvalue weighted by Gasteiger charge is 2.07. The first-order chi connectivity index (χ1) is 13.1. The van der Waals surface area contributed by atoms with Crippen molar-refractivity contribution in [1.82, 2.24) is 15.3 Å². The number of hydrogen-bond donors (Lipinski definition) is 2. The fourth-order valence-electron chi connectivity index (χ4n) is 2.46. The van der Waals surface area contributed by atoms with E-state index in [1.165, 1.54) is 12.4 Å². The van der Waals surface area contributed by atoms with E-state index >= 15 is 0 Å². The number of benzene rings is 2. The summed E-state index contributed by atoms with van der Waals surface area (Å²) in [7, 11) is 1.63. The number of anilines is 2. The van der Waals surface area contributed by atoms with Crippen molar-refractivity contribution in [2.24, 2.45) is 0 Å². The van der Waals surface area contributed by atoms with Crippen LogP contribution in [0.3, 0.4) is 0 Å². The van der Waals surface area contributed by atoms with E-state index in [-0.39, 0.29) is 5.91 Å². The number of halogens is 1. The van der Waals surface area contributed by atoms with Crippen LogP contribution in [0.2, 0.25) is 5.02 Å². The summed E-state index contributed by atoms with van der Waals surface area (Å²) in [5.74, 6) is 0.979. The standard InChI is InChI=1S/C20H19ClN4O2/c1-27-18-7-2-4-14(10-18)8-9-22-19(26)15-12-23-20(24-13-15)25-17-6-3-5-16(21)11-17/h2-7,10-13H,8-9H2,1H3,(H,22,26)(H,23,24,25). The summed E-state index contributed by atoms with van der Waals surface area (Å²) in [5.41, 5.74) is 2.27. The smallest absolute Gasteiger partial charge is 0.254 e. The van der Waals surface area contributed by atoms with Crippen molar-refractivity contribution in [3.63, 3.8) is 0 Å². The highest BCUT2D eigenvalue weighted by molar-refractivity contribution is 6.30. The average molecular weight is 383 g/mol. The van der Waals surface area contributed by atoms with Gasteiger partial charge in [-0.25, -0.2) is 9.97 Å². The molecule has 1 heterocycles. The van der Waals surface area contributed by atoms with Crippen LogP contribution in [0, 0.1) is 0 Å². The molecule has 0 aliphatic carbocycles. The zero-order chi connectivity index (χ0) is 19.1. The molecule has 3 aromatic rings. The number of methoxy groups -OCH3 is 1. The highest BCUT2D eigenvalue weighted by atomic mass is 35.5. The van der Waals surface area contributed by atoms with Crippen molar-refractivity contribution in [2.45, 2.75) is 6.42 Å². The quantitative estimate of drug-likeness (QED) is 0.649. The number of carbonyl (C=O) groups excluding carboxylic acids is 1. The van der Waals surface area contributed by atoms with E-state index in [1.54, 1.807) is 19.2 Å². The zero-order valence-electron chi connectivity index (χ0n) is 14.8. The predicted octanol–water partition coefficient (Wildman–Crippen LogP) is 3.85. The molecule has 0 atom stereocenters. The van der Waals surface area contributed by atoms with Crippen molar-refractivity contribution in [1.29, 1.82) is 0 Å². The van der Waals surface area contributed by atoms with Crippen molar-refractivity contribution < 1.29 is 9.53 Å². The van der Waals surface area contributed by atoms with Crippen LogP contribution < -0.4 is 15.4 Å². The van der Waals surface area contributed by atoms with E-state index in [0.717, 1.165) is 17.0 Å². The molecule has 3 rings (SSSR count). The Bertz CT molecular complexity index is 916. The SMILES string of the molecule is COc1cccc(CCNC(=O)c2cnc(Nc3cccc(Cl)c3)nc2)c1. The molecule has 1 amide bonds. The highest BCUT2D eigenvalue weighted by Crippen LogP contribution is 2.17. The van der Waals surface area contributed by atoms with Gasteiger partial charge in [-0.15, -0.1) is 0 Å². The van der Waals surface area contributed by atoms with E-state index in [4.69, 9.17) is 16.3 Å². The zero-order valence-corrected chi connectivity index (χ0v) is 15.5. The molecule has 7 heteroatoms. The Balaban J connectivity index is 1.52. The van der Waals surface area contributed by atoms with Gasteiger partial charge in [-0.2, -0.15) is 0 Å². The summed E-state index contributed by atoms with van der Waals surface area (Å²) in [6, 6.07) is 15.0. The Hall–Kier alpha value is -3.12. The number of hydrogen-bond acceptors (Lipinski definition) is 5. The first-order valence-corrected chi connectivity index (χ1v) is 8.77. The maximum Gasteiger partial charge on any atom is 0.254 e. The van der Waals surface area contributed by atoms with E-state index in [1.807, 2.05) is 36.4 Å². The van der Waals surface area contributed by atoms with Crippen molar-refractivity contribution >= 4 is 29.1 Å². The van der Waals surface area contributed by atoms with Gasteiger partial charge in [0.1, 0.15) is 5.75 Å². The molecule has 0 aliphatic rings. The monoisotopic (exact) mass is 382 g/mol. The second-order valence-corrected chi connectivity index (χ2v) is 6.22. The van der Waals surface area contributed by atoms with Crippen molar-refractivity contribution in [2.75, 3.05) is 19.0 Å². The lowest BCUT2D eigenvalue weighted by molar-refractivity contribution is 0.0953. The van der Waals surface area contributed by atoms with Gasteiger partial charge in [0.25, 0.3) is 5.91 Å². The molecular formula is C20H19ClN4O2. The maximum absolute atomic E-state index is 12.2. The second-order valence-electron chi connectivity index (χ2n) is 5.79. The Morgan fingerprint density at radius 1 is 1.11 bits per heavy atom. The molecule has 0 radical (unpaired) electrons. The maximum atomic E-state index is 12.2. The largest absolute Gasteiger partial charge is 0.497 e. The molecule has 0 saturated carbocycles. The molecule has 0 aliphatic heterocycles. The van der Waals surface area contributed by atoms with E-state index in [2.05, 4.69) is 20.6 Å². The van der Waals surface area contributed by atoms with E-state index in [9.17, 15) is 4.79 Å². The summed E-state index contributed by atoms with van der Waals surface area (Å²) < 4.78 is 5.19. The lowest BCUT2D eigenvalue weighted by atomic mass is 10.1. The van der Waals surface area contributed by atoms with Crippen molar-refractivity contribution in [3.8, 4) is 5.75 Å². The molecule has 0 saturated heterocycles. The Morgan fingerprint density at radius 3 is 2.63 bits per heavy atom. The van der Waals surface area contributed by atoms with Crippen LogP contribution in [0.15, 0.2) is 60.9 Å². The Kier molecular flexibility index (Phi) is 6.22. The normalized spacial score (nSPS) is 10.3. The molecule has 2 N–H and O–H groups in total. The Morgan fingerprint density at radius 2 is 1.89 bits per heavy atom. The fraction of sp³-hybridized carbons (Fsp3) is 0.150. The summed E-state index contributed by atoms with van der Waals surface area (Å²) >= 11 is 5.95. The molecule has 6 nitrogen and oxygen atoms in total. The molecule has 1 aromatic heterocycles. The third-order valence-electron chi connectivity index (χ3n) is 3.83. The predicted molar refractivity (Wildman–Crippen MR) is 106 cm³/mol. The second kappa shape index (κ2) is 9.00. The number of rotatable bonds is 7. The lowest BCUT2D eigenvalue weighted by Gasteiger charge is -2.08. The molecule has 27 heavy (non-hydrogen) atoms. The fourth-order valence-corrected chi connectivity index (χ4v) is 2.65. The molecule has 0 spiro atoms.